The topological polar surface area (TPSA) is 113 Å². The molecule has 3 rings (SSSR count). The van der Waals surface area contributed by atoms with Crippen LogP contribution >= 0.6 is 0 Å². The Bertz CT molecular complexity index is 980. The van der Waals surface area contributed by atoms with Crippen molar-refractivity contribution in [3.8, 4) is 0 Å². The van der Waals surface area contributed by atoms with E-state index < -0.39 is 16.0 Å². The minimum absolute atomic E-state index is 0.0200. The maximum absolute atomic E-state index is 12.8. The lowest BCUT2D eigenvalue weighted by Gasteiger charge is -2.15. The Balaban J connectivity index is 1.74. The number of anilines is 1. The van der Waals surface area contributed by atoms with E-state index in [9.17, 15) is 18.0 Å². The molecule has 1 aliphatic rings. The number of carbonyl (C=O) groups excluding carboxylic acids is 1. The normalized spacial score (nSPS) is 14.5. The number of carboxylic acids is 1. The van der Waals surface area contributed by atoms with Crippen LogP contribution in [0.1, 0.15) is 48.0 Å². The van der Waals surface area contributed by atoms with Gasteiger partial charge in [-0.2, -0.15) is 0 Å². The standard InChI is InChI=1S/C21H24N2O5S/c24-20(25)14-11-15-9-12-17(13-10-15)29(27,28)23-19-8-4-3-7-18(19)21(26)22-16-5-1-2-6-16/h3-4,7-10,12-13,16,23H,1-2,5-6,11,14H2,(H,22,26)(H,24,25). The summed E-state index contributed by atoms with van der Waals surface area (Å²) in [5, 5.41) is 11.7. The van der Waals surface area contributed by atoms with Gasteiger partial charge in [-0.3, -0.25) is 14.3 Å². The van der Waals surface area contributed by atoms with E-state index in [4.69, 9.17) is 5.11 Å². The molecule has 0 bridgehead atoms. The first-order valence-electron chi connectivity index (χ1n) is 9.58. The fourth-order valence-electron chi connectivity index (χ4n) is 3.39. The van der Waals surface area contributed by atoms with E-state index >= 15 is 0 Å². The number of hydrogen-bond donors (Lipinski definition) is 3. The Morgan fingerprint density at radius 3 is 2.31 bits per heavy atom. The van der Waals surface area contributed by atoms with Crippen LogP contribution in [0.3, 0.4) is 0 Å². The zero-order valence-corrected chi connectivity index (χ0v) is 16.7. The van der Waals surface area contributed by atoms with Gasteiger partial charge in [0.1, 0.15) is 0 Å². The smallest absolute Gasteiger partial charge is 0.303 e. The van der Waals surface area contributed by atoms with Gasteiger partial charge in [0.15, 0.2) is 0 Å². The fraction of sp³-hybridized carbons (Fsp3) is 0.333. The summed E-state index contributed by atoms with van der Waals surface area (Å²) in [6, 6.07) is 12.7. The lowest BCUT2D eigenvalue weighted by Crippen LogP contribution is -2.33. The number of aryl methyl sites for hydroxylation is 1. The van der Waals surface area contributed by atoms with Crippen LogP contribution in [0.5, 0.6) is 0 Å². The molecule has 2 aromatic rings. The lowest BCUT2D eigenvalue weighted by molar-refractivity contribution is -0.136. The molecule has 3 N–H and O–H groups in total. The largest absolute Gasteiger partial charge is 0.481 e. The van der Waals surface area contributed by atoms with Crippen LogP contribution in [-0.2, 0) is 21.2 Å². The molecule has 1 saturated carbocycles. The number of para-hydroxylation sites is 1. The highest BCUT2D eigenvalue weighted by Gasteiger charge is 2.22. The van der Waals surface area contributed by atoms with E-state index in [1.54, 1.807) is 36.4 Å². The van der Waals surface area contributed by atoms with Crippen molar-refractivity contribution in [1.82, 2.24) is 5.32 Å². The predicted octanol–water partition coefficient (Wildman–Crippen LogP) is 3.18. The summed E-state index contributed by atoms with van der Waals surface area (Å²) in [4.78, 5) is 23.3. The molecule has 0 unspecified atom stereocenters. The average molecular weight is 416 g/mol. The summed E-state index contributed by atoms with van der Waals surface area (Å²) in [5.41, 5.74) is 1.24. The molecule has 0 aliphatic heterocycles. The van der Waals surface area contributed by atoms with Crippen LogP contribution < -0.4 is 10.0 Å². The SMILES string of the molecule is O=C(O)CCc1ccc(S(=O)(=O)Nc2ccccc2C(=O)NC2CCCC2)cc1. The molecule has 154 valence electrons. The van der Waals surface area contributed by atoms with Gasteiger partial charge in [-0.15, -0.1) is 0 Å². The lowest BCUT2D eigenvalue weighted by atomic mass is 10.1. The van der Waals surface area contributed by atoms with Crippen LogP contribution in [0.25, 0.3) is 0 Å². The molecule has 29 heavy (non-hydrogen) atoms. The number of sulfonamides is 1. The number of amides is 1. The van der Waals surface area contributed by atoms with Gasteiger partial charge in [-0.25, -0.2) is 8.42 Å². The molecule has 8 heteroatoms. The van der Waals surface area contributed by atoms with Gasteiger partial charge in [0.05, 0.1) is 16.1 Å². The molecule has 7 nitrogen and oxygen atoms in total. The van der Waals surface area contributed by atoms with Gasteiger partial charge >= 0.3 is 5.97 Å². The third-order valence-corrected chi connectivity index (χ3v) is 6.35. The molecule has 1 fully saturated rings. The zero-order valence-electron chi connectivity index (χ0n) is 15.9. The molecule has 0 heterocycles. The summed E-state index contributed by atoms with van der Waals surface area (Å²) >= 11 is 0. The second kappa shape index (κ2) is 9.09. The van der Waals surface area contributed by atoms with Crippen molar-refractivity contribution >= 4 is 27.6 Å². The summed E-state index contributed by atoms with van der Waals surface area (Å²) < 4.78 is 28.0. The second-order valence-electron chi connectivity index (χ2n) is 7.14. The Hall–Kier alpha value is -2.87. The summed E-state index contributed by atoms with van der Waals surface area (Å²) in [5.74, 6) is -1.20. The minimum atomic E-state index is -3.89. The average Bonchev–Trinajstić information content (AvgIpc) is 3.20. The highest BCUT2D eigenvalue weighted by atomic mass is 32.2. The number of carboxylic acid groups (broad SMARTS) is 1. The van der Waals surface area contributed by atoms with Crippen molar-refractivity contribution in [2.75, 3.05) is 4.72 Å². The zero-order chi connectivity index (χ0) is 20.9. The van der Waals surface area contributed by atoms with Gasteiger partial charge in [-0.1, -0.05) is 37.1 Å². The van der Waals surface area contributed by atoms with E-state index in [0.717, 1.165) is 31.2 Å². The molecule has 0 aromatic heterocycles. The van der Waals surface area contributed by atoms with Gasteiger partial charge in [0.25, 0.3) is 15.9 Å². The molecule has 1 amide bonds. The van der Waals surface area contributed by atoms with Crippen LogP contribution in [-0.4, -0.2) is 31.4 Å². The van der Waals surface area contributed by atoms with Crippen LogP contribution in [0.2, 0.25) is 0 Å². The number of carbonyl (C=O) groups is 2. The van der Waals surface area contributed by atoms with Crippen molar-refractivity contribution in [2.45, 2.75) is 49.5 Å². The Labute approximate surface area is 170 Å². The van der Waals surface area contributed by atoms with E-state index in [0.29, 0.717) is 6.42 Å². The van der Waals surface area contributed by atoms with Gasteiger partial charge in [-0.05, 0) is 49.1 Å². The number of nitrogens with one attached hydrogen (secondary N) is 2. The number of aliphatic carboxylic acids is 1. The molecule has 2 aromatic carbocycles. The van der Waals surface area contributed by atoms with Crippen molar-refractivity contribution in [2.24, 2.45) is 0 Å². The Morgan fingerprint density at radius 1 is 1.00 bits per heavy atom. The van der Waals surface area contributed by atoms with E-state index in [2.05, 4.69) is 10.0 Å². The molecule has 0 saturated heterocycles. The van der Waals surface area contributed by atoms with Crippen molar-refractivity contribution < 1.29 is 23.1 Å². The van der Waals surface area contributed by atoms with Crippen molar-refractivity contribution in [1.29, 1.82) is 0 Å². The molecule has 1 aliphatic carbocycles. The quantitative estimate of drug-likeness (QED) is 0.612. The molecule has 0 radical (unpaired) electrons. The molecular formula is C21H24N2O5S. The monoisotopic (exact) mass is 416 g/mol. The summed E-state index contributed by atoms with van der Waals surface area (Å²) in [7, 11) is -3.89. The number of rotatable bonds is 8. The first-order valence-corrected chi connectivity index (χ1v) is 11.1. The van der Waals surface area contributed by atoms with Gasteiger partial charge in [0, 0.05) is 12.5 Å². The first-order chi connectivity index (χ1) is 13.8. The predicted molar refractivity (Wildman–Crippen MR) is 109 cm³/mol. The van der Waals surface area contributed by atoms with Crippen LogP contribution in [0.4, 0.5) is 5.69 Å². The maximum Gasteiger partial charge on any atom is 0.303 e. The van der Waals surface area contributed by atoms with E-state index in [1.807, 2.05) is 0 Å². The van der Waals surface area contributed by atoms with Crippen molar-refractivity contribution in [3.63, 3.8) is 0 Å². The molecule has 0 atom stereocenters. The van der Waals surface area contributed by atoms with Crippen LogP contribution in [0.15, 0.2) is 53.4 Å². The second-order valence-corrected chi connectivity index (χ2v) is 8.83. The van der Waals surface area contributed by atoms with E-state index in [-0.39, 0.29) is 34.5 Å². The van der Waals surface area contributed by atoms with Crippen LogP contribution in [0, 0.1) is 0 Å². The molecular weight excluding hydrogens is 392 g/mol. The maximum atomic E-state index is 12.8. The van der Waals surface area contributed by atoms with Crippen molar-refractivity contribution in [3.05, 3.63) is 59.7 Å². The number of hydrogen-bond acceptors (Lipinski definition) is 4. The first kappa shape index (κ1) is 20.9. The number of benzene rings is 2. The van der Waals surface area contributed by atoms with Gasteiger partial charge in [0.2, 0.25) is 0 Å². The summed E-state index contributed by atoms with van der Waals surface area (Å²) in [6.45, 7) is 0. The van der Waals surface area contributed by atoms with E-state index in [1.165, 1.54) is 12.1 Å². The third-order valence-electron chi connectivity index (χ3n) is 4.97. The minimum Gasteiger partial charge on any atom is -0.481 e. The van der Waals surface area contributed by atoms with Gasteiger partial charge < -0.3 is 10.4 Å². The highest BCUT2D eigenvalue weighted by Crippen LogP contribution is 2.23. The summed E-state index contributed by atoms with van der Waals surface area (Å²) in [6.07, 6.45) is 4.35. The Kier molecular flexibility index (Phi) is 6.53. The third kappa shape index (κ3) is 5.57. The Morgan fingerprint density at radius 2 is 1.66 bits per heavy atom. The molecule has 0 spiro atoms. The highest BCUT2D eigenvalue weighted by molar-refractivity contribution is 7.92. The fourth-order valence-corrected chi connectivity index (χ4v) is 4.47.